The Hall–Kier alpha value is -6.04. The number of aromatic nitrogens is 1. The monoisotopic (exact) mass is 692 g/mol. The van der Waals surface area contributed by atoms with Crippen molar-refractivity contribution in [1.29, 1.82) is 0 Å². The molecule has 12 rings (SSSR count). The molecule has 0 amide bonds. The molecule has 7 aromatic rings. The second kappa shape index (κ2) is 12.3. The van der Waals surface area contributed by atoms with Gasteiger partial charge in [0.1, 0.15) is 0 Å². The topological polar surface area (TPSA) is 17.2 Å². The molecule has 1 aromatic heterocycles. The van der Waals surface area contributed by atoms with Gasteiger partial charge in [-0.05, 0) is 142 Å². The Kier molecular flexibility index (Phi) is 7.15. The van der Waals surface area contributed by atoms with E-state index < -0.39 is 0 Å². The molecule has 0 N–H and O–H groups in total. The summed E-state index contributed by atoms with van der Waals surface area (Å²) in [5.41, 5.74) is 18.1. The van der Waals surface area contributed by atoms with Crippen molar-refractivity contribution >= 4 is 5.69 Å². The Bertz CT molecular complexity index is 2540. The maximum Gasteiger partial charge on any atom is 0.187 e. The number of nitrogens with zero attached hydrogens (tertiary/aromatic N) is 2. The number of benzene rings is 6. The normalized spacial score (nSPS) is 22.9. The molecule has 4 saturated carbocycles. The molecule has 0 radical (unpaired) electrons. The van der Waals surface area contributed by atoms with Crippen LogP contribution in [0.15, 0.2) is 158 Å². The van der Waals surface area contributed by atoms with Crippen LogP contribution in [0.5, 0.6) is 0 Å². The van der Waals surface area contributed by atoms with Crippen molar-refractivity contribution in [2.45, 2.75) is 37.5 Å². The zero-order valence-corrected chi connectivity index (χ0v) is 30.3. The van der Waals surface area contributed by atoms with E-state index in [4.69, 9.17) is 11.6 Å². The predicted octanol–water partition coefficient (Wildman–Crippen LogP) is 13.7. The molecular formula is C52H40N2. The molecule has 258 valence electrons. The lowest BCUT2D eigenvalue weighted by Crippen LogP contribution is -2.55. The SMILES string of the molecule is [C-]#[N+]c1cccc(-c2cccc3c2-c2ccc(-c4cccc(-c5cc(-c6ccccc6)nc(-c6ccccc6)c5)c4)cc2C32C3CC4CC(C3)CC2C4)c1. The summed E-state index contributed by atoms with van der Waals surface area (Å²) in [6.45, 7) is 7.73. The highest BCUT2D eigenvalue weighted by Gasteiger charge is 2.61. The van der Waals surface area contributed by atoms with Crippen LogP contribution in [0.4, 0.5) is 5.69 Å². The standard InChI is InChI=1S/C52H40N2/c1-53-44-18-9-17-40(29-44)45-19-10-20-47-51(45)46-22-21-39(30-48(46)52(47)42-24-33-23-34(26-42)27-43(52)25-33)37-15-8-16-38(28-37)41-31-49(35-11-4-2-5-12-35)54-50(32-41)36-13-6-3-7-14-36/h2-22,28-34,42-43H,23-27H2. The first-order valence-corrected chi connectivity index (χ1v) is 19.7. The van der Waals surface area contributed by atoms with Crippen molar-refractivity contribution < 1.29 is 0 Å². The number of pyridine rings is 1. The van der Waals surface area contributed by atoms with E-state index in [0.29, 0.717) is 17.5 Å². The minimum absolute atomic E-state index is 0.0411. The largest absolute Gasteiger partial charge is 0.248 e. The third-order valence-corrected chi connectivity index (χ3v) is 13.5. The van der Waals surface area contributed by atoms with Gasteiger partial charge in [-0.15, -0.1) is 0 Å². The summed E-state index contributed by atoms with van der Waals surface area (Å²) in [7, 11) is 0. The number of fused-ring (bicyclic) bond motifs is 3. The smallest absolute Gasteiger partial charge is 0.187 e. The van der Waals surface area contributed by atoms with Crippen LogP contribution in [0.2, 0.25) is 0 Å². The van der Waals surface area contributed by atoms with Crippen LogP contribution in [0.25, 0.3) is 71.9 Å². The zero-order valence-electron chi connectivity index (χ0n) is 30.3. The molecule has 1 spiro atoms. The van der Waals surface area contributed by atoms with Gasteiger partial charge < -0.3 is 0 Å². The highest BCUT2D eigenvalue weighted by Crippen LogP contribution is 2.70. The molecular weight excluding hydrogens is 653 g/mol. The fourth-order valence-electron chi connectivity index (χ4n) is 11.5. The summed E-state index contributed by atoms with van der Waals surface area (Å²) in [6, 6.07) is 57.4. The molecule has 2 nitrogen and oxygen atoms in total. The molecule has 4 bridgehead atoms. The van der Waals surface area contributed by atoms with Gasteiger partial charge in [0.05, 0.1) is 18.0 Å². The van der Waals surface area contributed by atoms with Crippen molar-refractivity contribution in [3.8, 4) is 67.0 Å². The van der Waals surface area contributed by atoms with Gasteiger partial charge >= 0.3 is 0 Å². The molecule has 4 fully saturated rings. The summed E-state index contributed by atoms with van der Waals surface area (Å²) in [5.74, 6) is 3.10. The molecule has 5 aliphatic carbocycles. The van der Waals surface area contributed by atoms with E-state index in [1.54, 1.807) is 11.1 Å². The van der Waals surface area contributed by atoms with Crippen LogP contribution in [-0.2, 0) is 5.41 Å². The molecule has 54 heavy (non-hydrogen) atoms. The van der Waals surface area contributed by atoms with Crippen molar-refractivity contribution in [2.24, 2.45) is 23.7 Å². The first-order valence-electron chi connectivity index (χ1n) is 19.7. The van der Waals surface area contributed by atoms with Gasteiger partial charge in [-0.25, -0.2) is 9.83 Å². The van der Waals surface area contributed by atoms with Crippen LogP contribution in [-0.4, -0.2) is 4.98 Å². The Labute approximate surface area is 318 Å². The molecule has 0 saturated heterocycles. The number of rotatable bonds is 5. The van der Waals surface area contributed by atoms with E-state index in [-0.39, 0.29) is 5.41 Å². The minimum atomic E-state index is 0.0411. The second-order valence-corrected chi connectivity index (χ2v) is 16.3. The van der Waals surface area contributed by atoms with Gasteiger partial charge in [0, 0.05) is 16.5 Å². The lowest BCUT2D eigenvalue weighted by atomic mass is 9.43. The van der Waals surface area contributed by atoms with E-state index in [9.17, 15) is 0 Å². The molecule has 0 atom stereocenters. The lowest BCUT2D eigenvalue weighted by molar-refractivity contribution is -0.0399. The third kappa shape index (κ3) is 4.81. The highest BCUT2D eigenvalue weighted by atomic mass is 14.7. The van der Waals surface area contributed by atoms with Crippen molar-refractivity contribution in [3.63, 3.8) is 0 Å². The maximum absolute atomic E-state index is 7.73. The average Bonchev–Trinajstić information content (AvgIpc) is 3.53. The van der Waals surface area contributed by atoms with Gasteiger partial charge in [-0.1, -0.05) is 127 Å². The third-order valence-electron chi connectivity index (χ3n) is 13.5. The van der Waals surface area contributed by atoms with Crippen LogP contribution in [0.3, 0.4) is 0 Å². The van der Waals surface area contributed by atoms with Gasteiger partial charge in [0.15, 0.2) is 5.69 Å². The van der Waals surface area contributed by atoms with Gasteiger partial charge in [-0.3, -0.25) is 0 Å². The first kappa shape index (κ1) is 31.5. The lowest BCUT2D eigenvalue weighted by Gasteiger charge is -2.61. The van der Waals surface area contributed by atoms with Crippen LogP contribution in [0, 0.1) is 30.2 Å². The fourth-order valence-corrected chi connectivity index (χ4v) is 11.5. The quantitative estimate of drug-likeness (QED) is 0.164. The van der Waals surface area contributed by atoms with Gasteiger partial charge in [0.25, 0.3) is 0 Å². The zero-order chi connectivity index (χ0) is 35.8. The summed E-state index contributed by atoms with van der Waals surface area (Å²) >= 11 is 0. The van der Waals surface area contributed by atoms with E-state index in [1.165, 1.54) is 71.0 Å². The summed E-state index contributed by atoms with van der Waals surface area (Å²) in [5, 5.41) is 0. The first-order chi connectivity index (χ1) is 26.7. The number of hydrogen-bond donors (Lipinski definition) is 0. The molecule has 0 unspecified atom stereocenters. The second-order valence-electron chi connectivity index (χ2n) is 16.3. The molecule has 0 aliphatic heterocycles. The summed E-state index contributed by atoms with van der Waals surface area (Å²) in [4.78, 5) is 8.95. The molecule has 5 aliphatic rings. The Balaban J connectivity index is 1.07. The van der Waals surface area contributed by atoms with E-state index in [2.05, 4.69) is 150 Å². The van der Waals surface area contributed by atoms with Crippen LogP contribution < -0.4 is 0 Å². The van der Waals surface area contributed by atoms with E-state index >= 15 is 0 Å². The van der Waals surface area contributed by atoms with Crippen molar-refractivity contribution in [1.82, 2.24) is 4.98 Å². The van der Waals surface area contributed by atoms with Crippen molar-refractivity contribution in [3.05, 3.63) is 180 Å². The Morgan fingerprint density at radius 2 is 1.02 bits per heavy atom. The maximum atomic E-state index is 7.73. The summed E-state index contributed by atoms with van der Waals surface area (Å²) in [6.07, 6.45) is 6.82. The number of hydrogen-bond acceptors (Lipinski definition) is 1. The van der Waals surface area contributed by atoms with Crippen LogP contribution in [0.1, 0.15) is 43.2 Å². The Morgan fingerprint density at radius 3 is 1.69 bits per heavy atom. The fraction of sp³-hybridized carbons (Fsp3) is 0.192. The van der Waals surface area contributed by atoms with Gasteiger partial charge in [-0.2, -0.15) is 0 Å². The highest BCUT2D eigenvalue weighted by molar-refractivity contribution is 5.95. The molecule has 2 heteroatoms. The van der Waals surface area contributed by atoms with Gasteiger partial charge in [0.2, 0.25) is 0 Å². The Morgan fingerprint density at radius 1 is 0.444 bits per heavy atom. The molecule has 1 heterocycles. The summed E-state index contributed by atoms with van der Waals surface area (Å²) < 4.78 is 0. The van der Waals surface area contributed by atoms with E-state index in [0.717, 1.165) is 39.9 Å². The predicted molar refractivity (Wildman–Crippen MR) is 221 cm³/mol. The average molecular weight is 693 g/mol. The van der Waals surface area contributed by atoms with E-state index in [1.807, 2.05) is 12.1 Å². The van der Waals surface area contributed by atoms with Crippen molar-refractivity contribution in [2.75, 3.05) is 0 Å². The molecule has 6 aromatic carbocycles. The minimum Gasteiger partial charge on any atom is -0.248 e. The van der Waals surface area contributed by atoms with Crippen LogP contribution >= 0.6 is 0 Å².